The fourth-order valence-corrected chi connectivity index (χ4v) is 2.56. The maximum atomic E-state index is 12.3. The average Bonchev–Trinajstić information content (AvgIpc) is 2.53. The van der Waals surface area contributed by atoms with E-state index in [4.69, 9.17) is 22.1 Å². The second-order valence-corrected chi connectivity index (χ2v) is 5.06. The van der Waals surface area contributed by atoms with E-state index in [2.05, 4.69) is 4.98 Å². The minimum Gasteiger partial charge on any atom is -0.491 e. The van der Waals surface area contributed by atoms with E-state index in [-0.39, 0.29) is 22.0 Å². The molecule has 110 valence electrons. The second-order valence-electron chi connectivity index (χ2n) is 4.69. The molecule has 3 rings (SSSR count). The number of rotatable bonds is 2. The lowest BCUT2D eigenvalue weighted by Gasteiger charge is -2.16. The quantitative estimate of drug-likeness (QED) is 0.862. The van der Waals surface area contributed by atoms with Gasteiger partial charge in [-0.2, -0.15) is 0 Å². The third kappa shape index (κ3) is 2.07. The molecule has 0 spiro atoms. The number of hydrogen-bond acceptors (Lipinski definition) is 5. The highest BCUT2D eigenvalue weighted by Gasteiger charge is 2.34. The predicted octanol–water partition coefficient (Wildman–Crippen LogP) is 2.81. The number of pyridine rings is 1. The van der Waals surface area contributed by atoms with E-state index in [9.17, 15) is 9.59 Å². The Balaban J connectivity index is 2.18. The van der Waals surface area contributed by atoms with Crippen LogP contribution in [0.15, 0.2) is 47.2 Å². The summed E-state index contributed by atoms with van der Waals surface area (Å²) in [7, 11) is 1.29. The number of benzene rings is 1. The Hall–Kier alpha value is -2.66. The molecule has 1 aliphatic carbocycles. The van der Waals surface area contributed by atoms with E-state index in [1.54, 1.807) is 24.3 Å². The van der Waals surface area contributed by atoms with Gasteiger partial charge in [0.2, 0.25) is 11.6 Å². The van der Waals surface area contributed by atoms with Crippen LogP contribution in [-0.2, 0) is 4.74 Å². The number of halogens is 1. The van der Waals surface area contributed by atoms with Gasteiger partial charge in [-0.3, -0.25) is 9.59 Å². The first-order chi connectivity index (χ1) is 10.5. The van der Waals surface area contributed by atoms with Crippen LogP contribution in [0.5, 0.6) is 0 Å². The lowest BCUT2D eigenvalue weighted by Crippen LogP contribution is -2.22. The normalized spacial score (nSPS) is 14.1. The Kier molecular flexibility index (Phi) is 3.42. The molecule has 2 N–H and O–H groups in total. The molecule has 5 nitrogen and oxygen atoms in total. The van der Waals surface area contributed by atoms with Crippen molar-refractivity contribution in [1.82, 2.24) is 4.98 Å². The minimum absolute atomic E-state index is 0.0107. The summed E-state index contributed by atoms with van der Waals surface area (Å²) in [5, 5.41) is -0.259. The van der Waals surface area contributed by atoms with Crippen LogP contribution in [0, 0.1) is 0 Å². The van der Waals surface area contributed by atoms with Crippen molar-refractivity contribution < 1.29 is 14.3 Å². The molecule has 0 atom stereocenters. The number of anilines is 1. The number of fused-ring (bicyclic) bond motifs is 1. The first-order valence-electron chi connectivity index (χ1n) is 6.43. The van der Waals surface area contributed by atoms with Gasteiger partial charge in [-0.05, 0) is 18.2 Å². The number of carbonyl (C=O) groups is 2. The topological polar surface area (TPSA) is 82.3 Å². The van der Waals surface area contributed by atoms with Crippen LogP contribution < -0.4 is 5.73 Å². The molecule has 0 saturated carbocycles. The molecular weight excluding hydrogens is 304 g/mol. The fraction of sp³-hybridized carbons (Fsp3) is 0.0625. The molecule has 0 radical (unpaired) electrons. The third-order valence-corrected chi connectivity index (χ3v) is 3.74. The zero-order valence-electron chi connectivity index (χ0n) is 11.6. The summed E-state index contributed by atoms with van der Waals surface area (Å²) in [6.07, 6.45) is 0. The van der Waals surface area contributed by atoms with E-state index in [0.29, 0.717) is 16.9 Å². The van der Waals surface area contributed by atoms with Crippen molar-refractivity contribution in [2.45, 2.75) is 0 Å². The van der Waals surface area contributed by atoms with Crippen LogP contribution in [0.3, 0.4) is 0 Å². The highest BCUT2D eigenvalue weighted by molar-refractivity contribution is 6.49. The Bertz CT molecular complexity index is 843. The van der Waals surface area contributed by atoms with E-state index < -0.39 is 11.6 Å². The molecule has 1 aromatic heterocycles. The summed E-state index contributed by atoms with van der Waals surface area (Å²) < 4.78 is 4.91. The molecule has 0 bridgehead atoms. The van der Waals surface area contributed by atoms with Gasteiger partial charge in [0.05, 0.1) is 18.4 Å². The molecule has 6 heteroatoms. The summed E-state index contributed by atoms with van der Waals surface area (Å²) in [6, 6.07) is 10.3. The van der Waals surface area contributed by atoms with Crippen molar-refractivity contribution in [1.29, 1.82) is 0 Å². The number of nitrogens with two attached hydrogens (primary N) is 1. The monoisotopic (exact) mass is 314 g/mol. The molecule has 1 heterocycles. The van der Waals surface area contributed by atoms with Crippen LogP contribution in [0.1, 0.15) is 20.8 Å². The SMILES string of the molecule is COC1=C(Cl)C(=O)c2nc(-c3ccccc3N)ccc2C1=O. The highest BCUT2D eigenvalue weighted by Crippen LogP contribution is 2.31. The maximum absolute atomic E-state index is 12.3. The number of methoxy groups -OCH3 is 1. The van der Waals surface area contributed by atoms with Crippen molar-refractivity contribution >= 4 is 28.9 Å². The lowest BCUT2D eigenvalue weighted by atomic mass is 9.96. The molecule has 0 unspecified atom stereocenters. The number of allylic oxidation sites excluding steroid dienone is 2. The molecule has 0 aliphatic heterocycles. The standard InChI is InChI=1S/C16H11ClN2O3/c1-22-16-12(17)15(21)13-9(14(16)20)6-7-11(19-13)8-4-2-3-5-10(8)18/h2-7H,18H2,1H3. The Morgan fingerprint density at radius 2 is 1.77 bits per heavy atom. The number of ether oxygens (including phenoxy) is 1. The van der Waals surface area contributed by atoms with Gasteiger partial charge in [-0.25, -0.2) is 4.98 Å². The van der Waals surface area contributed by atoms with Gasteiger partial charge >= 0.3 is 0 Å². The Morgan fingerprint density at radius 3 is 2.45 bits per heavy atom. The number of hydrogen-bond donors (Lipinski definition) is 1. The van der Waals surface area contributed by atoms with Crippen molar-refractivity contribution in [3.05, 3.63) is 58.4 Å². The molecule has 0 fully saturated rings. The van der Waals surface area contributed by atoms with Crippen molar-refractivity contribution in [2.75, 3.05) is 12.8 Å². The van der Waals surface area contributed by atoms with E-state index >= 15 is 0 Å². The van der Waals surface area contributed by atoms with Crippen LogP contribution in [0.2, 0.25) is 0 Å². The smallest absolute Gasteiger partial charge is 0.231 e. The van der Waals surface area contributed by atoms with Gasteiger partial charge < -0.3 is 10.5 Å². The van der Waals surface area contributed by atoms with Crippen LogP contribution in [0.4, 0.5) is 5.69 Å². The average molecular weight is 315 g/mol. The summed E-state index contributed by atoms with van der Waals surface area (Å²) in [4.78, 5) is 28.8. The number of aromatic nitrogens is 1. The number of ketones is 2. The van der Waals surface area contributed by atoms with Crippen molar-refractivity contribution in [3.63, 3.8) is 0 Å². The largest absolute Gasteiger partial charge is 0.491 e. The molecule has 0 saturated heterocycles. The lowest BCUT2D eigenvalue weighted by molar-refractivity contribution is 0.0910. The van der Waals surface area contributed by atoms with E-state index in [1.165, 1.54) is 13.2 Å². The van der Waals surface area contributed by atoms with E-state index in [1.807, 2.05) is 6.07 Å². The zero-order valence-corrected chi connectivity index (χ0v) is 12.3. The summed E-state index contributed by atoms with van der Waals surface area (Å²) in [5.41, 5.74) is 7.81. The maximum Gasteiger partial charge on any atom is 0.231 e. The second kappa shape index (κ2) is 5.27. The summed E-state index contributed by atoms with van der Waals surface area (Å²) >= 11 is 5.91. The third-order valence-electron chi connectivity index (χ3n) is 3.40. The Morgan fingerprint density at radius 1 is 1.05 bits per heavy atom. The summed E-state index contributed by atoms with van der Waals surface area (Å²) in [6.45, 7) is 0. The van der Waals surface area contributed by atoms with Crippen LogP contribution in [-0.4, -0.2) is 23.7 Å². The van der Waals surface area contributed by atoms with Crippen LogP contribution >= 0.6 is 11.6 Å². The predicted molar refractivity (Wildman–Crippen MR) is 82.6 cm³/mol. The van der Waals surface area contributed by atoms with Gasteiger partial charge in [0.1, 0.15) is 10.7 Å². The first-order valence-corrected chi connectivity index (χ1v) is 6.81. The zero-order chi connectivity index (χ0) is 15.9. The molecule has 1 aromatic carbocycles. The molecular formula is C16H11ClN2O3. The number of carbonyl (C=O) groups excluding carboxylic acids is 2. The van der Waals surface area contributed by atoms with Gasteiger partial charge in [-0.1, -0.05) is 29.8 Å². The first kappa shape index (κ1) is 14.3. The minimum atomic E-state index is -0.538. The van der Waals surface area contributed by atoms with Gasteiger partial charge in [0.15, 0.2) is 5.76 Å². The van der Waals surface area contributed by atoms with Gasteiger partial charge in [0, 0.05) is 11.3 Å². The van der Waals surface area contributed by atoms with Crippen molar-refractivity contribution in [3.8, 4) is 11.3 Å². The van der Waals surface area contributed by atoms with Crippen LogP contribution in [0.25, 0.3) is 11.3 Å². The highest BCUT2D eigenvalue weighted by atomic mass is 35.5. The molecule has 0 amide bonds. The van der Waals surface area contributed by atoms with Crippen molar-refractivity contribution in [2.24, 2.45) is 0 Å². The van der Waals surface area contributed by atoms with E-state index in [0.717, 1.165) is 0 Å². The Labute approximate surface area is 131 Å². The summed E-state index contributed by atoms with van der Waals surface area (Å²) in [5.74, 6) is -1.15. The molecule has 22 heavy (non-hydrogen) atoms. The molecule has 2 aromatic rings. The number of nitrogen functional groups attached to an aromatic ring is 1. The number of Topliss-reactive ketones (excluding diaryl/α,β-unsaturated/α-hetero) is 2. The number of nitrogens with zero attached hydrogens (tertiary/aromatic N) is 1. The number of para-hydroxylation sites is 1. The molecule has 1 aliphatic rings. The van der Waals surface area contributed by atoms with Gasteiger partial charge in [0.25, 0.3) is 0 Å². The van der Waals surface area contributed by atoms with Gasteiger partial charge in [-0.15, -0.1) is 0 Å². The fourth-order valence-electron chi connectivity index (χ4n) is 2.31.